The van der Waals surface area contributed by atoms with Crippen LogP contribution in [0.5, 0.6) is 0 Å². The highest BCUT2D eigenvalue weighted by molar-refractivity contribution is 8.02. The number of thioether (sulfide) groups is 1. The Labute approximate surface area is 101 Å². The van der Waals surface area contributed by atoms with Gasteiger partial charge in [-0.15, -0.1) is 21.0 Å². The Balaban J connectivity index is 0.000000921. The van der Waals surface area contributed by atoms with Gasteiger partial charge in [0.1, 0.15) is 0 Å². The molecule has 1 rings (SSSR count). The Morgan fingerprint density at radius 3 is 2.20 bits per heavy atom. The van der Waals surface area contributed by atoms with Crippen molar-refractivity contribution in [3.63, 3.8) is 0 Å². The van der Waals surface area contributed by atoms with Crippen LogP contribution >= 0.6 is 21.0 Å². The number of aryl methyl sites for hydroxylation is 1. The van der Waals surface area contributed by atoms with E-state index in [1.807, 2.05) is 25.6 Å². The number of benzene rings is 1. The summed E-state index contributed by atoms with van der Waals surface area (Å²) >= 11 is 1.98. The lowest BCUT2D eigenvalue weighted by atomic mass is 10.1. The molecule has 2 atom stereocenters. The normalized spacial score (nSPS) is 11.5. The first-order chi connectivity index (χ1) is 7.24. The van der Waals surface area contributed by atoms with Gasteiger partial charge >= 0.3 is 0 Å². The molecule has 86 valence electrons. The van der Waals surface area contributed by atoms with Crippen LogP contribution in [0, 0.1) is 0 Å². The number of hydrogen-bond donors (Lipinski definition) is 0. The first-order valence-corrected chi connectivity index (χ1v) is 7.39. The van der Waals surface area contributed by atoms with Crippen LogP contribution in [0.15, 0.2) is 24.3 Å². The van der Waals surface area contributed by atoms with E-state index in [0.717, 1.165) is 12.2 Å². The van der Waals surface area contributed by atoms with Crippen LogP contribution in [-0.4, -0.2) is 4.99 Å². The fraction of sp³-hybridized carbons (Fsp3) is 0.538. The van der Waals surface area contributed by atoms with Crippen molar-refractivity contribution >= 4 is 21.0 Å². The highest BCUT2D eigenvalue weighted by Crippen LogP contribution is 2.23. The van der Waals surface area contributed by atoms with E-state index >= 15 is 0 Å². The summed E-state index contributed by atoms with van der Waals surface area (Å²) in [6.45, 7) is 8.43. The number of hydrogen-bond acceptors (Lipinski definition) is 1. The minimum Gasteiger partial charge on any atom is -0.150 e. The lowest BCUT2D eigenvalue weighted by molar-refractivity contribution is 1.10. The molecule has 1 aromatic carbocycles. The van der Waals surface area contributed by atoms with Crippen molar-refractivity contribution in [1.29, 1.82) is 0 Å². The summed E-state index contributed by atoms with van der Waals surface area (Å²) in [5, 5.41) is 0. The van der Waals surface area contributed by atoms with Gasteiger partial charge in [-0.25, -0.2) is 0 Å². The summed E-state index contributed by atoms with van der Waals surface area (Å²) in [7, 11) is 2.82. The van der Waals surface area contributed by atoms with Crippen molar-refractivity contribution in [3.05, 3.63) is 35.4 Å². The molecule has 15 heavy (non-hydrogen) atoms. The smallest absolute Gasteiger partial charge is 0.0193 e. The average Bonchev–Trinajstić information content (AvgIpc) is 2.29. The first kappa shape index (κ1) is 15.0. The molecule has 0 amide bonds. The van der Waals surface area contributed by atoms with Crippen LogP contribution < -0.4 is 0 Å². The van der Waals surface area contributed by atoms with Gasteiger partial charge < -0.3 is 0 Å². The summed E-state index contributed by atoms with van der Waals surface area (Å²) in [5.74, 6) is 1.13. The third-order valence-corrected chi connectivity index (χ3v) is 3.58. The van der Waals surface area contributed by atoms with E-state index in [2.05, 4.69) is 47.4 Å². The van der Waals surface area contributed by atoms with E-state index in [1.165, 1.54) is 11.1 Å². The maximum absolute atomic E-state index is 2.82. The fourth-order valence-electron chi connectivity index (χ4n) is 1.26. The second-order valence-electron chi connectivity index (χ2n) is 3.14. The Kier molecular flexibility index (Phi) is 9.24. The molecule has 2 unspecified atom stereocenters. The SMILES string of the molecule is CC.CCc1ccccc1CSC(C)P. The first-order valence-electron chi connectivity index (χ1n) is 5.68. The molecule has 0 radical (unpaired) electrons. The quantitative estimate of drug-likeness (QED) is 0.688. The van der Waals surface area contributed by atoms with Crippen molar-refractivity contribution in [2.24, 2.45) is 0 Å². The van der Waals surface area contributed by atoms with Gasteiger partial charge in [0.15, 0.2) is 0 Å². The predicted octanol–water partition coefficient (Wildman–Crippen LogP) is 4.73. The molecule has 0 bridgehead atoms. The standard InChI is InChI=1S/C11H17PS.C2H6/c1-3-10-6-4-5-7-11(10)8-13-9(2)12;1-2/h4-7,9H,3,8,12H2,1-2H3;1-2H3. The minimum atomic E-state index is 0.643. The molecular formula is C13H23PS. The van der Waals surface area contributed by atoms with Crippen molar-refractivity contribution in [2.75, 3.05) is 0 Å². The van der Waals surface area contributed by atoms with Crippen LogP contribution in [0.1, 0.15) is 38.8 Å². The molecule has 0 saturated heterocycles. The third-order valence-electron chi connectivity index (χ3n) is 2.00. The second kappa shape index (κ2) is 9.24. The second-order valence-corrected chi connectivity index (χ2v) is 5.99. The fourth-order valence-corrected chi connectivity index (χ4v) is 2.28. The van der Waals surface area contributed by atoms with E-state index in [0.29, 0.717) is 4.99 Å². The summed E-state index contributed by atoms with van der Waals surface area (Å²) in [5.41, 5.74) is 2.98. The molecule has 2 heteroatoms. The van der Waals surface area contributed by atoms with E-state index < -0.39 is 0 Å². The molecule has 0 spiro atoms. The lowest BCUT2D eigenvalue weighted by Gasteiger charge is -2.08. The van der Waals surface area contributed by atoms with Gasteiger partial charge in [-0.2, -0.15) is 0 Å². The molecule has 0 aliphatic heterocycles. The zero-order chi connectivity index (χ0) is 11.7. The van der Waals surface area contributed by atoms with Crippen LogP contribution in [0.25, 0.3) is 0 Å². The summed E-state index contributed by atoms with van der Waals surface area (Å²) in [6, 6.07) is 8.71. The average molecular weight is 242 g/mol. The molecule has 0 N–H and O–H groups in total. The van der Waals surface area contributed by atoms with E-state index in [1.54, 1.807) is 0 Å². The van der Waals surface area contributed by atoms with Crippen molar-refractivity contribution in [1.82, 2.24) is 0 Å². The van der Waals surface area contributed by atoms with E-state index in [9.17, 15) is 0 Å². The monoisotopic (exact) mass is 242 g/mol. The summed E-state index contributed by atoms with van der Waals surface area (Å²) < 4.78 is 0. The van der Waals surface area contributed by atoms with Crippen LogP contribution in [0.3, 0.4) is 0 Å². The van der Waals surface area contributed by atoms with Crippen LogP contribution in [0.2, 0.25) is 0 Å². The van der Waals surface area contributed by atoms with Gasteiger partial charge in [0.05, 0.1) is 0 Å². The highest BCUT2D eigenvalue weighted by atomic mass is 32.2. The van der Waals surface area contributed by atoms with Gasteiger partial charge in [-0.05, 0) is 24.5 Å². The Morgan fingerprint density at radius 1 is 1.20 bits per heavy atom. The molecule has 0 saturated carbocycles. The Hall–Kier alpha value is -0.0000000000000000555. The van der Waals surface area contributed by atoms with Gasteiger partial charge in [0, 0.05) is 10.7 Å². The topological polar surface area (TPSA) is 0 Å². The van der Waals surface area contributed by atoms with E-state index in [4.69, 9.17) is 0 Å². The number of rotatable bonds is 4. The van der Waals surface area contributed by atoms with Crippen molar-refractivity contribution < 1.29 is 0 Å². The minimum absolute atomic E-state index is 0.643. The molecule has 0 aliphatic carbocycles. The molecule has 0 nitrogen and oxygen atoms in total. The maximum atomic E-state index is 2.82. The Morgan fingerprint density at radius 2 is 1.73 bits per heavy atom. The molecular weight excluding hydrogens is 219 g/mol. The largest absolute Gasteiger partial charge is 0.150 e. The van der Waals surface area contributed by atoms with Crippen molar-refractivity contribution in [3.8, 4) is 0 Å². The van der Waals surface area contributed by atoms with Gasteiger partial charge in [-0.1, -0.05) is 45.0 Å². The summed E-state index contributed by atoms with van der Waals surface area (Å²) in [6.07, 6.45) is 1.14. The van der Waals surface area contributed by atoms with Crippen LogP contribution in [-0.2, 0) is 12.2 Å². The van der Waals surface area contributed by atoms with Crippen molar-refractivity contribution in [2.45, 2.75) is 44.9 Å². The third kappa shape index (κ3) is 6.22. The van der Waals surface area contributed by atoms with Gasteiger partial charge in [-0.3, -0.25) is 0 Å². The zero-order valence-electron chi connectivity index (χ0n) is 10.3. The molecule has 0 fully saturated rings. The molecule has 0 aromatic heterocycles. The van der Waals surface area contributed by atoms with E-state index in [-0.39, 0.29) is 0 Å². The highest BCUT2D eigenvalue weighted by Gasteiger charge is 2.00. The predicted molar refractivity (Wildman–Crippen MR) is 77.6 cm³/mol. The Bertz CT molecular complexity index is 258. The molecule has 1 aromatic rings. The van der Waals surface area contributed by atoms with Gasteiger partial charge in [0.2, 0.25) is 0 Å². The molecule has 0 aliphatic rings. The summed E-state index contributed by atoms with van der Waals surface area (Å²) in [4.78, 5) is 0.643. The van der Waals surface area contributed by atoms with Gasteiger partial charge in [0.25, 0.3) is 0 Å². The molecule has 0 heterocycles. The zero-order valence-corrected chi connectivity index (χ0v) is 12.3. The lowest BCUT2D eigenvalue weighted by Crippen LogP contribution is -1.91. The maximum Gasteiger partial charge on any atom is 0.0193 e. The van der Waals surface area contributed by atoms with Crippen LogP contribution in [0.4, 0.5) is 0 Å².